The van der Waals surface area contributed by atoms with Crippen molar-refractivity contribution in [3.63, 3.8) is 0 Å². The first-order chi connectivity index (χ1) is 14.4. The van der Waals surface area contributed by atoms with E-state index in [2.05, 4.69) is 53.4 Å². The smallest absolute Gasteiger partial charge is 0.0180 e. The third-order valence-electron chi connectivity index (χ3n) is 8.76. The van der Waals surface area contributed by atoms with Crippen molar-refractivity contribution in [2.24, 2.45) is 5.92 Å². The minimum Gasteiger partial charge on any atom is -0.299 e. The van der Waals surface area contributed by atoms with Crippen LogP contribution in [0.25, 0.3) is 0 Å². The first-order valence-corrected chi connectivity index (χ1v) is 12.3. The Morgan fingerprint density at radius 2 is 1.45 bits per heavy atom. The number of benzene rings is 2. The first-order valence-electron chi connectivity index (χ1n) is 12.3. The minimum absolute atomic E-state index is 0.610. The predicted molar refractivity (Wildman–Crippen MR) is 121 cm³/mol. The van der Waals surface area contributed by atoms with Crippen LogP contribution in [0, 0.1) is 5.92 Å². The number of hydrogen-bond acceptors (Lipinski definition) is 1. The van der Waals surface area contributed by atoms with E-state index in [1.165, 1.54) is 70.9 Å². The summed E-state index contributed by atoms with van der Waals surface area (Å²) in [5, 5.41) is 0. The Hall–Kier alpha value is -1.60. The number of rotatable bonds is 5. The lowest BCUT2D eigenvalue weighted by molar-refractivity contribution is 0.211. The SMILES string of the molecule is c1ccc2c(c1)C1CC3C(c4ccccc41)C2CN3CCCCC1CCCCC1. The standard InChI is InChI=1S/C28H35N/c1-2-10-20(11-3-1)12-8-9-17-29-19-26-22-14-5-4-13-21(22)25-18-27(29)28(26)24-16-7-6-15-23(24)25/h4-7,13-16,20,25-28H,1-3,8-12,17-19H2. The van der Waals surface area contributed by atoms with Crippen molar-refractivity contribution in [2.45, 2.75) is 81.6 Å². The van der Waals surface area contributed by atoms with Gasteiger partial charge in [-0.25, -0.2) is 0 Å². The van der Waals surface area contributed by atoms with Gasteiger partial charge in [-0.3, -0.25) is 4.90 Å². The van der Waals surface area contributed by atoms with Crippen LogP contribution in [0.15, 0.2) is 48.5 Å². The van der Waals surface area contributed by atoms with Crippen LogP contribution in [0.1, 0.15) is 97.8 Å². The average Bonchev–Trinajstić information content (AvgIpc) is 3.03. The maximum absolute atomic E-state index is 2.90. The molecule has 4 aliphatic rings. The molecule has 1 heterocycles. The fraction of sp³-hybridized carbons (Fsp3) is 0.571. The third-order valence-corrected chi connectivity index (χ3v) is 8.76. The lowest BCUT2D eigenvalue weighted by Gasteiger charge is -2.37. The van der Waals surface area contributed by atoms with Crippen LogP contribution in [-0.4, -0.2) is 24.0 Å². The van der Waals surface area contributed by atoms with E-state index in [-0.39, 0.29) is 0 Å². The molecule has 1 saturated heterocycles. The van der Waals surface area contributed by atoms with Gasteiger partial charge in [0.2, 0.25) is 0 Å². The molecule has 0 spiro atoms. The molecule has 6 rings (SSSR count). The van der Waals surface area contributed by atoms with Crippen LogP contribution in [0.5, 0.6) is 0 Å². The van der Waals surface area contributed by atoms with Crippen molar-refractivity contribution in [3.05, 3.63) is 70.8 Å². The molecule has 1 saturated carbocycles. The van der Waals surface area contributed by atoms with Crippen molar-refractivity contribution < 1.29 is 0 Å². The molecule has 2 aromatic carbocycles. The van der Waals surface area contributed by atoms with E-state index in [1.54, 1.807) is 22.3 Å². The molecule has 0 N–H and O–H groups in total. The molecule has 3 aliphatic carbocycles. The number of fused-ring (bicyclic) bond motifs is 3. The lowest BCUT2D eigenvalue weighted by atomic mass is 9.73. The van der Waals surface area contributed by atoms with E-state index in [1.807, 2.05) is 0 Å². The molecule has 4 atom stereocenters. The Labute approximate surface area is 176 Å². The molecule has 0 amide bonds. The largest absolute Gasteiger partial charge is 0.299 e. The van der Waals surface area contributed by atoms with Crippen molar-refractivity contribution >= 4 is 0 Å². The normalized spacial score (nSPS) is 30.8. The van der Waals surface area contributed by atoms with Gasteiger partial charge < -0.3 is 0 Å². The Bertz CT molecular complexity index is 858. The fourth-order valence-corrected chi connectivity index (χ4v) is 7.45. The average molecular weight is 386 g/mol. The number of likely N-dealkylation sites (tertiary alicyclic amines) is 1. The Morgan fingerprint density at radius 1 is 0.759 bits per heavy atom. The van der Waals surface area contributed by atoms with Crippen LogP contribution >= 0.6 is 0 Å². The predicted octanol–water partition coefficient (Wildman–Crippen LogP) is 6.84. The summed E-state index contributed by atoms with van der Waals surface area (Å²) in [4.78, 5) is 2.90. The maximum Gasteiger partial charge on any atom is 0.0180 e. The van der Waals surface area contributed by atoms with Gasteiger partial charge in [0, 0.05) is 30.3 Å². The molecular weight excluding hydrogens is 350 g/mol. The van der Waals surface area contributed by atoms with Crippen LogP contribution in [0.4, 0.5) is 0 Å². The second-order valence-electron chi connectivity index (χ2n) is 10.2. The summed E-state index contributed by atoms with van der Waals surface area (Å²) in [5.74, 6) is 3.06. The summed E-state index contributed by atoms with van der Waals surface area (Å²) in [7, 11) is 0. The molecule has 1 nitrogen and oxygen atoms in total. The van der Waals surface area contributed by atoms with Crippen LogP contribution < -0.4 is 0 Å². The van der Waals surface area contributed by atoms with E-state index >= 15 is 0 Å². The molecule has 2 fully saturated rings. The van der Waals surface area contributed by atoms with E-state index in [9.17, 15) is 0 Å². The zero-order valence-corrected chi connectivity index (χ0v) is 17.7. The molecule has 2 bridgehead atoms. The van der Waals surface area contributed by atoms with Gasteiger partial charge >= 0.3 is 0 Å². The van der Waals surface area contributed by atoms with Crippen molar-refractivity contribution in [2.75, 3.05) is 13.1 Å². The van der Waals surface area contributed by atoms with Gasteiger partial charge in [0.05, 0.1) is 0 Å². The first kappa shape index (κ1) is 18.2. The van der Waals surface area contributed by atoms with Gasteiger partial charge in [-0.1, -0.05) is 93.5 Å². The molecule has 2 aromatic rings. The highest BCUT2D eigenvalue weighted by atomic mass is 15.2. The zero-order chi connectivity index (χ0) is 19.2. The van der Waals surface area contributed by atoms with E-state index in [0.29, 0.717) is 17.8 Å². The van der Waals surface area contributed by atoms with E-state index in [0.717, 1.165) is 12.0 Å². The second-order valence-corrected chi connectivity index (χ2v) is 10.2. The topological polar surface area (TPSA) is 3.24 Å². The lowest BCUT2D eigenvalue weighted by Crippen LogP contribution is -2.37. The summed E-state index contributed by atoms with van der Waals surface area (Å²) >= 11 is 0. The van der Waals surface area contributed by atoms with Gasteiger partial charge in [-0.2, -0.15) is 0 Å². The van der Waals surface area contributed by atoms with Crippen LogP contribution in [0.3, 0.4) is 0 Å². The Balaban J connectivity index is 1.21. The van der Waals surface area contributed by atoms with Crippen molar-refractivity contribution in [1.29, 1.82) is 0 Å². The summed E-state index contributed by atoms with van der Waals surface area (Å²) in [6.45, 7) is 2.60. The van der Waals surface area contributed by atoms with Gasteiger partial charge in [-0.15, -0.1) is 0 Å². The Morgan fingerprint density at radius 3 is 2.24 bits per heavy atom. The van der Waals surface area contributed by atoms with Crippen LogP contribution in [0.2, 0.25) is 0 Å². The monoisotopic (exact) mass is 385 g/mol. The van der Waals surface area contributed by atoms with Gasteiger partial charge in [0.25, 0.3) is 0 Å². The van der Waals surface area contributed by atoms with Gasteiger partial charge in [0.1, 0.15) is 0 Å². The van der Waals surface area contributed by atoms with Crippen molar-refractivity contribution in [3.8, 4) is 0 Å². The fourth-order valence-electron chi connectivity index (χ4n) is 7.45. The van der Waals surface area contributed by atoms with Gasteiger partial charge in [-0.05, 0) is 47.6 Å². The summed E-state index contributed by atoms with van der Waals surface area (Å²) in [6.07, 6.45) is 13.1. The molecule has 0 aromatic heterocycles. The summed E-state index contributed by atoms with van der Waals surface area (Å²) in [6, 6.07) is 19.6. The summed E-state index contributed by atoms with van der Waals surface area (Å²) < 4.78 is 0. The van der Waals surface area contributed by atoms with Gasteiger partial charge in [0.15, 0.2) is 0 Å². The molecule has 0 radical (unpaired) electrons. The summed E-state index contributed by atoms with van der Waals surface area (Å²) in [5.41, 5.74) is 6.58. The van der Waals surface area contributed by atoms with E-state index < -0.39 is 0 Å². The van der Waals surface area contributed by atoms with Crippen molar-refractivity contribution in [1.82, 2.24) is 4.90 Å². The molecule has 29 heavy (non-hydrogen) atoms. The molecule has 1 heteroatoms. The Kier molecular flexibility index (Phi) is 4.76. The number of nitrogens with zero attached hydrogens (tertiary/aromatic N) is 1. The second kappa shape index (κ2) is 7.58. The zero-order valence-electron chi connectivity index (χ0n) is 17.7. The number of hydrogen-bond donors (Lipinski definition) is 0. The van der Waals surface area contributed by atoms with E-state index in [4.69, 9.17) is 0 Å². The highest BCUT2D eigenvalue weighted by Gasteiger charge is 2.51. The highest BCUT2D eigenvalue weighted by molar-refractivity contribution is 5.53. The quantitative estimate of drug-likeness (QED) is 0.509. The number of unbranched alkanes of at least 4 members (excludes halogenated alkanes) is 1. The maximum atomic E-state index is 2.90. The molecule has 1 aliphatic heterocycles. The third kappa shape index (κ3) is 3.08. The molecule has 4 unspecified atom stereocenters. The molecular formula is C28H35N. The highest BCUT2D eigenvalue weighted by Crippen LogP contribution is 2.58. The molecule has 152 valence electrons. The minimum atomic E-state index is 0.610. The van der Waals surface area contributed by atoms with Crippen LogP contribution in [-0.2, 0) is 0 Å².